The quantitative estimate of drug-likeness (QED) is 0.513. The van der Waals surface area contributed by atoms with Gasteiger partial charge in [-0.25, -0.2) is 8.42 Å². The second-order valence-electron chi connectivity index (χ2n) is 6.83. The van der Waals surface area contributed by atoms with Crippen LogP contribution in [-0.2, 0) is 16.6 Å². The summed E-state index contributed by atoms with van der Waals surface area (Å²) >= 11 is 6.05. The topological polar surface area (TPSA) is 95.7 Å². The molecule has 4 aromatic rings. The first-order chi connectivity index (χ1) is 13.7. The Kier molecular flexibility index (Phi) is 4.55. The lowest BCUT2D eigenvalue weighted by Crippen LogP contribution is -2.25. The predicted molar refractivity (Wildman–Crippen MR) is 114 cm³/mol. The van der Waals surface area contributed by atoms with Gasteiger partial charge < -0.3 is 14.8 Å². The Hall–Kier alpha value is -2.97. The van der Waals surface area contributed by atoms with Crippen LogP contribution in [0.1, 0.15) is 5.56 Å². The molecule has 0 saturated carbocycles. The third kappa shape index (κ3) is 3.24. The maximum atomic E-state index is 12.3. The molecule has 0 spiro atoms. The summed E-state index contributed by atoms with van der Waals surface area (Å²) in [5.74, 6) is -0.392. The largest absolute Gasteiger partial charge is 0.505 e. The van der Waals surface area contributed by atoms with Gasteiger partial charge in [-0.15, -0.1) is 0 Å². The zero-order valence-corrected chi connectivity index (χ0v) is 17.2. The van der Waals surface area contributed by atoms with Gasteiger partial charge in [-0.05, 0) is 29.8 Å². The van der Waals surface area contributed by atoms with Crippen LogP contribution in [0, 0.1) is 0 Å². The van der Waals surface area contributed by atoms with Crippen molar-refractivity contribution >= 4 is 49.0 Å². The van der Waals surface area contributed by atoms with Crippen LogP contribution < -0.4 is 4.31 Å². The van der Waals surface area contributed by atoms with Gasteiger partial charge in [0.25, 0.3) is 0 Å². The molecule has 0 unspecified atom stereocenters. The molecule has 29 heavy (non-hydrogen) atoms. The minimum atomic E-state index is -3.60. The number of sulfonamides is 1. The Morgan fingerprint density at radius 1 is 1.17 bits per heavy atom. The number of aromatic hydroxyl groups is 2. The van der Waals surface area contributed by atoms with Crippen molar-refractivity contribution in [2.75, 3.05) is 17.6 Å². The zero-order valence-electron chi connectivity index (χ0n) is 15.7. The summed E-state index contributed by atoms with van der Waals surface area (Å²) in [6.45, 7) is 0.284. The second-order valence-corrected chi connectivity index (χ2v) is 9.28. The molecule has 0 aliphatic rings. The highest BCUT2D eigenvalue weighted by molar-refractivity contribution is 7.92. The molecule has 0 radical (unpaired) electrons. The Bertz CT molecular complexity index is 1370. The predicted octanol–water partition coefficient (Wildman–Crippen LogP) is 3.70. The third-order valence-electron chi connectivity index (χ3n) is 4.88. The first-order valence-corrected chi connectivity index (χ1v) is 10.9. The molecule has 0 amide bonds. The highest BCUT2D eigenvalue weighted by Gasteiger charge is 2.25. The van der Waals surface area contributed by atoms with Crippen LogP contribution in [-0.4, -0.2) is 41.5 Å². The highest BCUT2D eigenvalue weighted by Crippen LogP contribution is 2.46. The average Bonchev–Trinajstić information content (AvgIpc) is 2.97. The van der Waals surface area contributed by atoms with Crippen LogP contribution in [0.4, 0.5) is 5.69 Å². The number of phenolic OH excluding ortho intramolecular Hbond substituents is 1. The van der Waals surface area contributed by atoms with Crippen molar-refractivity contribution in [1.82, 2.24) is 9.55 Å². The number of rotatable bonds is 4. The maximum absolute atomic E-state index is 12.3. The van der Waals surface area contributed by atoms with Gasteiger partial charge in [0.15, 0.2) is 5.75 Å². The molecule has 0 atom stereocenters. The van der Waals surface area contributed by atoms with Crippen molar-refractivity contribution in [3.8, 4) is 11.6 Å². The Morgan fingerprint density at radius 3 is 2.62 bits per heavy atom. The first kappa shape index (κ1) is 19.4. The summed E-state index contributed by atoms with van der Waals surface area (Å²) in [5.41, 5.74) is 1.39. The molecule has 0 fully saturated rings. The fourth-order valence-electron chi connectivity index (χ4n) is 3.46. The molecule has 2 aromatic heterocycles. The number of anilines is 1. The monoisotopic (exact) mass is 431 g/mol. The molecule has 7 nitrogen and oxygen atoms in total. The van der Waals surface area contributed by atoms with E-state index in [2.05, 4.69) is 4.98 Å². The van der Waals surface area contributed by atoms with Gasteiger partial charge in [0, 0.05) is 35.2 Å². The van der Waals surface area contributed by atoms with Crippen LogP contribution in [0.2, 0.25) is 5.02 Å². The number of phenols is 1. The van der Waals surface area contributed by atoms with Crippen LogP contribution in [0.25, 0.3) is 21.7 Å². The molecular formula is C20H18ClN3O4S. The SMILES string of the molecule is CN(c1c2cccnc2c(O)c2c(O)n(Cc3cccc(Cl)c3)cc12)S(C)(=O)=O. The Labute approximate surface area is 172 Å². The molecule has 0 saturated heterocycles. The van der Waals surface area contributed by atoms with E-state index in [0.717, 1.165) is 16.1 Å². The van der Waals surface area contributed by atoms with E-state index in [9.17, 15) is 18.6 Å². The van der Waals surface area contributed by atoms with Gasteiger partial charge in [-0.3, -0.25) is 9.29 Å². The van der Waals surface area contributed by atoms with E-state index in [4.69, 9.17) is 11.6 Å². The van der Waals surface area contributed by atoms with Crippen molar-refractivity contribution in [1.29, 1.82) is 0 Å². The standard InChI is InChI=1S/C20H18ClN3O4S/c1-23(29(2,27)28)18-14-7-4-8-22-17(14)19(25)16-15(18)11-24(20(16)26)10-12-5-3-6-13(21)9-12/h3-9,11,25-26H,10H2,1-2H3. The van der Waals surface area contributed by atoms with E-state index in [1.54, 1.807) is 36.5 Å². The number of halogens is 1. The number of hydrogen-bond donors (Lipinski definition) is 2. The summed E-state index contributed by atoms with van der Waals surface area (Å²) < 4.78 is 27.2. The van der Waals surface area contributed by atoms with E-state index < -0.39 is 10.0 Å². The fourth-order valence-corrected chi connectivity index (χ4v) is 4.21. The minimum Gasteiger partial charge on any atom is -0.505 e. The molecule has 9 heteroatoms. The third-order valence-corrected chi connectivity index (χ3v) is 6.30. The fraction of sp³-hybridized carbons (Fsp3) is 0.150. The van der Waals surface area contributed by atoms with Gasteiger partial charge >= 0.3 is 0 Å². The van der Waals surface area contributed by atoms with E-state index in [0.29, 0.717) is 21.5 Å². The average molecular weight is 432 g/mol. The molecule has 2 heterocycles. The summed E-state index contributed by atoms with van der Waals surface area (Å²) in [5, 5.41) is 23.2. The number of pyridine rings is 1. The van der Waals surface area contributed by atoms with Crippen LogP contribution >= 0.6 is 11.6 Å². The van der Waals surface area contributed by atoms with E-state index in [1.807, 2.05) is 6.07 Å². The number of nitrogens with zero attached hydrogens (tertiary/aromatic N) is 3. The van der Waals surface area contributed by atoms with E-state index in [1.165, 1.54) is 17.8 Å². The van der Waals surface area contributed by atoms with Crippen molar-refractivity contribution in [2.45, 2.75) is 6.54 Å². The lowest BCUT2D eigenvalue weighted by Gasteiger charge is -2.20. The lowest BCUT2D eigenvalue weighted by atomic mass is 10.1. The smallest absolute Gasteiger partial charge is 0.232 e. The molecular weight excluding hydrogens is 414 g/mol. The molecule has 0 bridgehead atoms. The van der Waals surface area contributed by atoms with Crippen molar-refractivity contribution in [3.05, 3.63) is 59.4 Å². The van der Waals surface area contributed by atoms with Gasteiger partial charge in [-0.1, -0.05) is 23.7 Å². The van der Waals surface area contributed by atoms with Gasteiger partial charge in [0.2, 0.25) is 15.9 Å². The van der Waals surface area contributed by atoms with Gasteiger partial charge in [0.1, 0.15) is 5.52 Å². The van der Waals surface area contributed by atoms with Gasteiger partial charge in [0.05, 0.1) is 23.9 Å². The zero-order chi connectivity index (χ0) is 20.9. The number of benzene rings is 2. The lowest BCUT2D eigenvalue weighted by molar-refractivity contribution is 0.425. The molecule has 0 aliphatic carbocycles. The minimum absolute atomic E-state index is 0.142. The Balaban J connectivity index is 2.05. The van der Waals surface area contributed by atoms with Crippen LogP contribution in [0.3, 0.4) is 0 Å². The Morgan fingerprint density at radius 2 is 1.93 bits per heavy atom. The molecule has 2 aromatic carbocycles. The number of hydrogen-bond acceptors (Lipinski definition) is 5. The van der Waals surface area contributed by atoms with Crippen molar-refractivity contribution in [2.24, 2.45) is 0 Å². The molecule has 150 valence electrons. The van der Waals surface area contributed by atoms with Crippen LogP contribution in [0.15, 0.2) is 48.8 Å². The van der Waals surface area contributed by atoms with Crippen molar-refractivity contribution in [3.63, 3.8) is 0 Å². The van der Waals surface area contributed by atoms with E-state index >= 15 is 0 Å². The van der Waals surface area contributed by atoms with E-state index in [-0.39, 0.29) is 29.1 Å². The maximum Gasteiger partial charge on any atom is 0.232 e. The molecule has 2 N–H and O–H groups in total. The highest BCUT2D eigenvalue weighted by atomic mass is 35.5. The number of aromatic nitrogens is 2. The second kappa shape index (κ2) is 6.82. The van der Waals surface area contributed by atoms with Crippen LogP contribution in [0.5, 0.6) is 11.6 Å². The van der Waals surface area contributed by atoms with Crippen molar-refractivity contribution < 1.29 is 18.6 Å². The summed E-state index contributed by atoms with van der Waals surface area (Å²) in [6.07, 6.45) is 4.21. The molecule has 4 rings (SSSR count). The summed E-state index contributed by atoms with van der Waals surface area (Å²) in [6, 6.07) is 10.5. The first-order valence-electron chi connectivity index (χ1n) is 8.68. The summed E-state index contributed by atoms with van der Waals surface area (Å²) in [7, 11) is -2.17. The van der Waals surface area contributed by atoms with Gasteiger partial charge in [-0.2, -0.15) is 0 Å². The molecule has 0 aliphatic heterocycles. The normalized spacial score (nSPS) is 12.0. The number of fused-ring (bicyclic) bond motifs is 2. The summed E-state index contributed by atoms with van der Waals surface area (Å²) in [4.78, 5) is 4.19.